The van der Waals surface area contributed by atoms with E-state index in [1.165, 1.54) is 141 Å². The predicted octanol–water partition coefficient (Wildman–Crippen LogP) is 19.0. The number of rotatable bonds is 55. The second-order valence-corrected chi connectivity index (χ2v) is 22.8. The summed E-state index contributed by atoms with van der Waals surface area (Å²) in [5.74, 6) is -0.799. The van der Waals surface area contributed by atoms with E-state index in [1.807, 2.05) is 21.1 Å². The number of allylic oxidation sites excluding steroid dienone is 14. The molecule has 0 heterocycles. The molecule has 2 unspecified atom stereocenters. The molecule has 0 spiro atoms. The van der Waals surface area contributed by atoms with Gasteiger partial charge in [0.05, 0.1) is 27.7 Å². The molecule has 0 aromatic rings. The standard InChI is InChI=1S/C64H114NO8P/c1-6-8-10-12-14-16-18-20-22-24-25-26-27-28-29-30-31-32-33-34-35-36-37-38-39-41-43-45-47-49-51-53-55-57-64(67)73-62(61-72-74(68,69)71-59-58-65(3,4)5)60-70-63(66)56-54-52-50-48-46-44-42-40-23-21-19-17-15-13-11-9-7-2/h8,10,14,16,20-23,25-26,28-29,31-32,62H,6-7,9,11-13,15,17-19,24,27,30,33-61H2,1-5H3/p+1/b10-8-,16-14-,22-20-,23-21-,26-25-,29-28-,32-31-. The van der Waals surface area contributed by atoms with Crippen LogP contribution in [0.3, 0.4) is 0 Å². The zero-order valence-electron chi connectivity index (χ0n) is 48.6. The Labute approximate surface area is 456 Å². The van der Waals surface area contributed by atoms with E-state index in [-0.39, 0.29) is 32.0 Å². The number of hydrogen-bond donors (Lipinski definition) is 1. The molecule has 10 heteroatoms. The zero-order valence-corrected chi connectivity index (χ0v) is 49.5. The van der Waals surface area contributed by atoms with Crippen LogP contribution < -0.4 is 0 Å². The van der Waals surface area contributed by atoms with Crippen molar-refractivity contribution in [2.75, 3.05) is 47.5 Å². The van der Waals surface area contributed by atoms with Crippen LogP contribution in [-0.2, 0) is 32.7 Å². The Hall–Kier alpha value is -2.81. The lowest BCUT2D eigenvalue weighted by Crippen LogP contribution is -2.37. The highest BCUT2D eigenvalue weighted by Crippen LogP contribution is 2.43. The van der Waals surface area contributed by atoms with E-state index in [2.05, 4.69) is 98.9 Å². The van der Waals surface area contributed by atoms with Gasteiger partial charge >= 0.3 is 19.8 Å². The van der Waals surface area contributed by atoms with Gasteiger partial charge in [0.15, 0.2) is 6.10 Å². The minimum absolute atomic E-state index is 0.0289. The normalized spacial score (nSPS) is 13.9. The molecule has 0 rings (SSSR count). The molecule has 0 aliphatic heterocycles. The van der Waals surface area contributed by atoms with E-state index in [4.69, 9.17) is 18.5 Å². The zero-order chi connectivity index (χ0) is 54.2. The van der Waals surface area contributed by atoms with Gasteiger partial charge in [0.1, 0.15) is 19.8 Å². The first-order valence-corrected chi connectivity index (χ1v) is 31.8. The van der Waals surface area contributed by atoms with E-state index in [9.17, 15) is 19.0 Å². The van der Waals surface area contributed by atoms with Crippen LogP contribution >= 0.6 is 7.82 Å². The summed E-state index contributed by atoms with van der Waals surface area (Å²) in [6.45, 7) is 4.32. The van der Waals surface area contributed by atoms with E-state index < -0.39 is 26.5 Å². The molecule has 0 aliphatic carbocycles. The quantitative estimate of drug-likeness (QED) is 0.0211. The first-order chi connectivity index (χ1) is 36.0. The second kappa shape index (κ2) is 55.0. The SMILES string of the molecule is CC/C=C\C/C=C\C/C=C\C/C=C\C/C=C\C/C=C\CCCCCCCCCCCCCCCCC(=O)OC(COC(=O)CCCCCCCCC/C=C\CCCCCCCC)COP(=O)(O)OCC[N+](C)(C)C. The number of phosphoric ester groups is 1. The molecule has 2 atom stereocenters. The van der Waals surface area contributed by atoms with Crippen LogP contribution in [0, 0.1) is 0 Å². The number of esters is 2. The number of nitrogens with zero attached hydrogens (tertiary/aromatic N) is 1. The number of likely N-dealkylation sites (N-methyl/N-ethyl adjacent to an activating group) is 1. The number of phosphoric acid groups is 1. The van der Waals surface area contributed by atoms with Crippen LogP contribution in [0.1, 0.15) is 258 Å². The van der Waals surface area contributed by atoms with Gasteiger partial charge in [-0.1, -0.05) is 240 Å². The molecule has 0 aromatic carbocycles. The summed E-state index contributed by atoms with van der Waals surface area (Å²) in [6.07, 6.45) is 73.7. The number of hydrogen-bond acceptors (Lipinski definition) is 7. The fourth-order valence-electron chi connectivity index (χ4n) is 8.25. The Morgan fingerprint density at radius 2 is 0.770 bits per heavy atom. The average molecular weight is 1060 g/mol. The third-order valence-electron chi connectivity index (χ3n) is 12.9. The van der Waals surface area contributed by atoms with Crippen molar-refractivity contribution in [1.29, 1.82) is 0 Å². The third kappa shape index (κ3) is 58.5. The highest BCUT2D eigenvalue weighted by Gasteiger charge is 2.27. The van der Waals surface area contributed by atoms with E-state index >= 15 is 0 Å². The van der Waals surface area contributed by atoms with Crippen molar-refractivity contribution in [2.24, 2.45) is 0 Å². The van der Waals surface area contributed by atoms with Crippen LogP contribution in [-0.4, -0.2) is 74.9 Å². The lowest BCUT2D eigenvalue weighted by molar-refractivity contribution is -0.870. The number of unbranched alkanes of at least 4 members (excludes halogenated alkanes) is 27. The summed E-state index contributed by atoms with van der Waals surface area (Å²) in [6, 6.07) is 0. The summed E-state index contributed by atoms with van der Waals surface area (Å²) in [4.78, 5) is 35.7. The maximum absolute atomic E-state index is 12.8. The van der Waals surface area contributed by atoms with Gasteiger partial charge in [0, 0.05) is 12.8 Å². The van der Waals surface area contributed by atoms with Crippen LogP contribution in [0.4, 0.5) is 0 Å². The van der Waals surface area contributed by atoms with Crippen LogP contribution in [0.15, 0.2) is 85.1 Å². The van der Waals surface area contributed by atoms with Gasteiger partial charge in [-0.25, -0.2) is 4.57 Å². The molecule has 0 saturated carbocycles. The number of carbonyl (C=O) groups is 2. The second-order valence-electron chi connectivity index (χ2n) is 21.4. The summed E-state index contributed by atoms with van der Waals surface area (Å²) in [5.41, 5.74) is 0. The Morgan fingerprint density at radius 3 is 1.16 bits per heavy atom. The average Bonchev–Trinajstić information content (AvgIpc) is 3.36. The van der Waals surface area contributed by atoms with Crippen molar-refractivity contribution >= 4 is 19.8 Å². The molecule has 0 aromatic heterocycles. The van der Waals surface area contributed by atoms with Gasteiger partial charge < -0.3 is 18.9 Å². The smallest absolute Gasteiger partial charge is 0.462 e. The molecule has 0 fully saturated rings. The van der Waals surface area contributed by atoms with Gasteiger partial charge in [-0.3, -0.25) is 18.6 Å². The fraction of sp³-hybridized carbons (Fsp3) is 0.750. The number of carbonyl (C=O) groups excluding carboxylic acids is 2. The summed E-state index contributed by atoms with van der Waals surface area (Å²) < 4.78 is 34.6. The summed E-state index contributed by atoms with van der Waals surface area (Å²) >= 11 is 0. The monoisotopic (exact) mass is 1060 g/mol. The van der Waals surface area contributed by atoms with Gasteiger partial charge in [0.25, 0.3) is 0 Å². The lowest BCUT2D eigenvalue weighted by atomic mass is 10.0. The van der Waals surface area contributed by atoms with Crippen LogP contribution in [0.5, 0.6) is 0 Å². The van der Waals surface area contributed by atoms with E-state index in [0.717, 1.165) is 83.5 Å². The Bertz CT molecular complexity index is 1520. The molecule has 1 N–H and O–H groups in total. The molecule has 0 saturated heterocycles. The van der Waals surface area contributed by atoms with Gasteiger partial charge in [-0.2, -0.15) is 0 Å². The minimum Gasteiger partial charge on any atom is -0.462 e. The summed E-state index contributed by atoms with van der Waals surface area (Å²) in [5, 5.41) is 0. The van der Waals surface area contributed by atoms with Crippen LogP contribution in [0.2, 0.25) is 0 Å². The van der Waals surface area contributed by atoms with E-state index in [1.54, 1.807) is 0 Å². The van der Waals surface area contributed by atoms with Crippen molar-refractivity contribution < 1.29 is 42.1 Å². The fourth-order valence-corrected chi connectivity index (χ4v) is 8.99. The highest BCUT2D eigenvalue weighted by atomic mass is 31.2. The number of quaternary nitrogens is 1. The first-order valence-electron chi connectivity index (χ1n) is 30.3. The minimum atomic E-state index is -4.39. The molecule has 428 valence electrons. The number of ether oxygens (including phenoxy) is 2. The van der Waals surface area contributed by atoms with Crippen LogP contribution in [0.25, 0.3) is 0 Å². The van der Waals surface area contributed by atoms with Gasteiger partial charge in [-0.05, 0) is 89.9 Å². The Kier molecular flexibility index (Phi) is 52.9. The maximum atomic E-state index is 12.8. The predicted molar refractivity (Wildman–Crippen MR) is 316 cm³/mol. The molecular weight excluding hydrogens is 942 g/mol. The molecule has 74 heavy (non-hydrogen) atoms. The lowest BCUT2D eigenvalue weighted by Gasteiger charge is -2.24. The highest BCUT2D eigenvalue weighted by molar-refractivity contribution is 7.47. The third-order valence-corrected chi connectivity index (χ3v) is 13.9. The summed E-state index contributed by atoms with van der Waals surface area (Å²) in [7, 11) is 1.47. The van der Waals surface area contributed by atoms with Crippen molar-refractivity contribution in [3.05, 3.63) is 85.1 Å². The van der Waals surface area contributed by atoms with Crippen molar-refractivity contribution in [1.82, 2.24) is 0 Å². The van der Waals surface area contributed by atoms with Crippen molar-refractivity contribution in [3.8, 4) is 0 Å². The maximum Gasteiger partial charge on any atom is 0.472 e. The molecule has 0 aliphatic rings. The molecule has 0 amide bonds. The van der Waals surface area contributed by atoms with Crippen molar-refractivity contribution in [3.63, 3.8) is 0 Å². The molecule has 9 nitrogen and oxygen atoms in total. The Morgan fingerprint density at radius 1 is 0.432 bits per heavy atom. The van der Waals surface area contributed by atoms with Crippen molar-refractivity contribution in [2.45, 2.75) is 264 Å². The first kappa shape index (κ1) is 71.2. The van der Waals surface area contributed by atoms with Gasteiger partial charge in [-0.15, -0.1) is 0 Å². The largest absolute Gasteiger partial charge is 0.472 e. The van der Waals surface area contributed by atoms with E-state index in [0.29, 0.717) is 17.4 Å². The topological polar surface area (TPSA) is 108 Å². The molecule has 0 bridgehead atoms. The van der Waals surface area contributed by atoms with Gasteiger partial charge in [0.2, 0.25) is 0 Å². The Balaban J connectivity index is 4.09. The molecule has 0 radical (unpaired) electrons. The molecular formula is C64H115NO8P+.